The largest absolute Gasteiger partial charge is 0.325 e. The van der Waals surface area contributed by atoms with Gasteiger partial charge in [0, 0.05) is 16.7 Å². The molecule has 0 radical (unpaired) electrons. The molecule has 3 nitrogen and oxygen atoms in total. The van der Waals surface area contributed by atoms with Crippen molar-refractivity contribution in [1.29, 1.82) is 0 Å². The maximum absolute atomic E-state index is 5.61. The van der Waals surface area contributed by atoms with Crippen molar-refractivity contribution in [3.8, 4) is 5.69 Å². The van der Waals surface area contributed by atoms with Gasteiger partial charge in [0.1, 0.15) is 0 Å². The molecule has 16 heavy (non-hydrogen) atoms. The van der Waals surface area contributed by atoms with Crippen LogP contribution in [0.25, 0.3) is 5.69 Å². The van der Waals surface area contributed by atoms with Crippen molar-refractivity contribution in [3.05, 3.63) is 46.2 Å². The van der Waals surface area contributed by atoms with Crippen LogP contribution in [0.5, 0.6) is 0 Å². The zero-order chi connectivity index (χ0) is 11.5. The van der Waals surface area contributed by atoms with Crippen molar-refractivity contribution in [2.45, 2.75) is 19.9 Å². The van der Waals surface area contributed by atoms with Gasteiger partial charge in [0.2, 0.25) is 0 Å². The number of nitrogens with zero attached hydrogens (tertiary/aromatic N) is 2. The fraction of sp³-hybridized carbons (Fsp3) is 0.250. The van der Waals surface area contributed by atoms with E-state index in [9.17, 15) is 0 Å². The average Bonchev–Trinajstić information content (AvgIpc) is 2.73. The van der Waals surface area contributed by atoms with E-state index in [1.54, 1.807) is 0 Å². The minimum absolute atomic E-state index is 0.483. The lowest BCUT2D eigenvalue weighted by molar-refractivity contribution is 0.790. The molecular weight excluding hydrogens is 266 g/mol. The SMILES string of the molecule is CCc1cc(CN)nn1-c1ccc(Br)cc1. The van der Waals surface area contributed by atoms with Crippen LogP contribution in [-0.4, -0.2) is 9.78 Å². The molecule has 0 amide bonds. The number of hydrogen-bond acceptors (Lipinski definition) is 2. The van der Waals surface area contributed by atoms with E-state index in [1.807, 2.05) is 28.9 Å². The lowest BCUT2D eigenvalue weighted by atomic mass is 10.2. The predicted molar refractivity (Wildman–Crippen MR) is 68.5 cm³/mol. The minimum atomic E-state index is 0.483. The first-order chi connectivity index (χ1) is 7.74. The number of aromatic nitrogens is 2. The number of aryl methyl sites for hydroxylation is 1. The van der Waals surface area contributed by atoms with Crippen molar-refractivity contribution in [1.82, 2.24) is 9.78 Å². The van der Waals surface area contributed by atoms with Crippen molar-refractivity contribution >= 4 is 15.9 Å². The average molecular weight is 280 g/mol. The highest BCUT2D eigenvalue weighted by Crippen LogP contribution is 2.16. The summed E-state index contributed by atoms with van der Waals surface area (Å²) in [7, 11) is 0. The molecule has 84 valence electrons. The molecule has 0 spiro atoms. The first kappa shape index (κ1) is 11.4. The molecule has 0 atom stereocenters. The third-order valence-corrected chi connectivity index (χ3v) is 3.00. The molecule has 0 saturated carbocycles. The summed E-state index contributed by atoms with van der Waals surface area (Å²) in [5, 5.41) is 4.48. The lowest BCUT2D eigenvalue weighted by Gasteiger charge is -2.05. The third-order valence-electron chi connectivity index (χ3n) is 2.48. The van der Waals surface area contributed by atoms with Gasteiger partial charge in [-0.1, -0.05) is 22.9 Å². The second kappa shape index (κ2) is 4.80. The van der Waals surface area contributed by atoms with Gasteiger partial charge in [-0.2, -0.15) is 5.10 Å². The summed E-state index contributed by atoms with van der Waals surface area (Å²) in [6.45, 7) is 2.60. The molecule has 2 rings (SSSR count). The Balaban J connectivity index is 2.45. The fourth-order valence-electron chi connectivity index (χ4n) is 1.63. The minimum Gasteiger partial charge on any atom is -0.325 e. The van der Waals surface area contributed by atoms with Crippen LogP contribution in [-0.2, 0) is 13.0 Å². The zero-order valence-electron chi connectivity index (χ0n) is 9.15. The number of benzene rings is 1. The van der Waals surface area contributed by atoms with Crippen molar-refractivity contribution in [3.63, 3.8) is 0 Å². The van der Waals surface area contributed by atoms with Gasteiger partial charge in [-0.15, -0.1) is 0 Å². The summed E-state index contributed by atoms with van der Waals surface area (Å²) in [5.41, 5.74) is 8.79. The molecule has 0 aliphatic heterocycles. The molecule has 0 unspecified atom stereocenters. The van der Waals surface area contributed by atoms with Crippen LogP contribution in [0.3, 0.4) is 0 Å². The second-order valence-corrected chi connectivity index (χ2v) is 4.49. The van der Waals surface area contributed by atoms with Gasteiger partial charge in [0.25, 0.3) is 0 Å². The van der Waals surface area contributed by atoms with E-state index in [2.05, 4.69) is 34.0 Å². The van der Waals surface area contributed by atoms with Gasteiger partial charge in [-0.05, 0) is 36.8 Å². The summed E-state index contributed by atoms with van der Waals surface area (Å²) >= 11 is 3.42. The van der Waals surface area contributed by atoms with Crippen LogP contribution in [0.15, 0.2) is 34.8 Å². The highest BCUT2D eigenvalue weighted by atomic mass is 79.9. The van der Waals surface area contributed by atoms with E-state index in [0.717, 1.165) is 22.3 Å². The van der Waals surface area contributed by atoms with Gasteiger partial charge in [-0.25, -0.2) is 4.68 Å². The first-order valence-corrected chi connectivity index (χ1v) is 6.07. The highest BCUT2D eigenvalue weighted by molar-refractivity contribution is 9.10. The molecular formula is C12H14BrN3. The number of rotatable bonds is 3. The molecule has 0 bridgehead atoms. The first-order valence-electron chi connectivity index (χ1n) is 5.28. The molecule has 2 N–H and O–H groups in total. The quantitative estimate of drug-likeness (QED) is 0.939. The van der Waals surface area contributed by atoms with Crippen LogP contribution in [0.4, 0.5) is 0 Å². The van der Waals surface area contributed by atoms with Gasteiger partial charge >= 0.3 is 0 Å². The van der Waals surface area contributed by atoms with Gasteiger partial charge in [-0.3, -0.25) is 0 Å². The molecule has 0 aliphatic rings. The molecule has 0 fully saturated rings. The highest BCUT2D eigenvalue weighted by Gasteiger charge is 2.06. The molecule has 0 saturated heterocycles. The van der Waals surface area contributed by atoms with Crippen LogP contribution >= 0.6 is 15.9 Å². The fourth-order valence-corrected chi connectivity index (χ4v) is 1.90. The molecule has 1 aromatic carbocycles. The Morgan fingerprint density at radius 3 is 2.56 bits per heavy atom. The van der Waals surface area contributed by atoms with E-state index in [-0.39, 0.29) is 0 Å². The van der Waals surface area contributed by atoms with E-state index in [4.69, 9.17) is 5.73 Å². The second-order valence-electron chi connectivity index (χ2n) is 3.57. The maximum Gasteiger partial charge on any atom is 0.0767 e. The summed E-state index contributed by atoms with van der Waals surface area (Å²) in [4.78, 5) is 0. The standard InChI is InChI=1S/C12H14BrN3/c1-2-11-7-10(8-14)15-16(11)12-5-3-9(13)4-6-12/h3-7H,2,8,14H2,1H3. The molecule has 1 aromatic heterocycles. The van der Waals surface area contributed by atoms with Gasteiger partial charge in [0.05, 0.1) is 11.4 Å². The van der Waals surface area contributed by atoms with Crippen molar-refractivity contribution < 1.29 is 0 Å². The normalized spacial score (nSPS) is 10.7. The van der Waals surface area contributed by atoms with Crippen LogP contribution in [0.2, 0.25) is 0 Å². The van der Waals surface area contributed by atoms with Gasteiger partial charge < -0.3 is 5.73 Å². The zero-order valence-corrected chi connectivity index (χ0v) is 10.7. The van der Waals surface area contributed by atoms with Crippen molar-refractivity contribution in [2.75, 3.05) is 0 Å². The summed E-state index contributed by atoms with van der Waals surface area (Å²) < 4.78 is 3.02. The number of hydrogen-bond donors (Lipinski definition) is 1. The van der Waals surface area contributed by atoms with Crippen LogP contribution in [0, 0.1) is 0 Å². The Morgan fingerprint density at radius 2 is 2.00 bits per heavy atom. The molecule has 0 aliphatic carbocycles. The topological polar surface area (TPSA) is 43.8 Å². The van der Waals surface area contributed by atoms with Crippen LogP contribution in [0.1, 0.15) is 18.3 Å². The number of nitrogens with two attached hydrogens (primary N) is 1. The monoisotopic (exact) mass is 279 g/mol. The van der Waals surface area contributed by atoms with Gasteiger partial charge in [0.15, 0.2) is 0 Å². The van der Waals surface area contributed by atoms with E-state index in [0.29, 0.717) is 6.54 Å². The van der Waals surface area contributed by atoms with E-state index < -0.39 is 0 Å². The molecule has 2 aromatic rings. The summed E-state index contributed by atoms with van der Waals surface area (Å²) in [5.74, 6) is 0. The molecule has 4 heteroatoms. The Labute approximate surface area is 103 Å². The Bertz CT molecular complexity index is 474. The predicted octanol–water partition coefficient (Wildman–Crippen LogP) is 2.66. The summed E-state index contributed by atoms with van der Waals surface area (Å²) in [6.07, 6.45) is 0.947. The Hall–Kier alpha value is -1.13. The smallest absolute Gasteiger partial charge is 0.0767 e. The third kappa shape index (κ3) is 2.18. The Kier molecular flexibility index (Phi) is 3.41. The van der Waals surface area contributed by atoms with Crippen LogP contribution < -0.4 is 5.73 Å². The molecule has 1 heterocycles. The van der Waals surface area contributed by atoms with E-state index in [1.165, 1.54) is 5.69 Å². The van der Waals surface area contributed by atoms with E-state index >= 15 is 0 Å². The Morgan fingerprint density at radius 1 is 1.31 bits per heavy atom. The maximum atomic E-state index is 5.61. The number of halogens is 1. The lowest BCUT2D eigenvalue weighted by Crippen LogP contribution is -2.02. The van der Waals surface area contributed by atoms with Crippen molar-refractivity contribution in [2.24, 2.45) is 5.73 Å². The summed E-state index contributed by atoms with van der Waals surface area (Å²) in [6, 6.07) is 10.2.